The Hall–Kier alpha value is -2.73. The summed E-state index contributed by atoms with van der Waals surface area (Å²) in [7, 11) is 0. The lowest BCUT2D eigenvalue weighted by Gasteiger charge is -2.35. The monoisotopic (exact) mass is 389 g/mol. The van der Waals surface area contributed by atoms with Crippen molar-refractivity contribution in [2.45, 2.75) is 20.3 Å². The normalized spacial score (nSPS) is 14.9. The van der Waals surface area contributed by atoms with Crippen molar-refractivity contribution in [3.05, 3.63) is 53.7 Å². The van der Waals surface area contributed by atoms with Crippen molar-refractivity contribution in [1.82, 2.24) is 15.0 Å². The highest BCUT2D eigenvalue weighted by Gasteiger charge is 2.22. The first kappa shape index (κ1) is 17.4. The molecular weight excluding hydrogens is 366 g/mol. The zero-order valence-electron chi connectivity index (χ0n) is 16.2. The molecule has 5 nitrogen and oxygen atoms in total. The largest absolute Gasteiger partial charge is 0.352 e. The van der Waals surface area contributed by atoms with Crippen LogP contribution in [0.15, 0.2) is 42.5 Å². The molecule has 0 amide bonds. The van der Waals surface area contributed by atoms with Gasteiger partial charge in [-0.15, -0.1) is 0 Å². The molecule has 5 rings (SSSR count). The molecule has 0 atom stereocenters. The Bertz CT molecular complexity index is 1140. The van der Waals surface area contributed by atoms with Crippen LogP contribution in [0.2, 0.25) is 0 Å². The third kappa shape index (κ3) is 3.07. The molecule has 2 aromatic carbocycles. The number of anilines is 2. The van der Waals surface area contributed by atoms with E-state index in [2.05, 4.69) is 41.8 Å². The van der Waals surface area contributed by atoms with Crippen LogP contribution < -0.4 is 9.80 Å². The SMILES string of the molecule is CCc1ccc2nc(N3CCN(c4nc5ccccc5nc4C)CC3)sc2c1. The van der Waals surface area contributed by atoms with Crippen LogP contribution in [0, 0.1) is 6.92 Å². The molecule has 0 spiro atoms. The summed E-state index contributed by atoms with van der Waals surface area (Å²) in [5.74, 6) is 1.01. The molecular formula is C22H23N5S. The molecule has 1 fully saturated rings. The fraction of sp³-hybridized carbons (Fsp3) is 0.318. The molecule has 6 heteroatoms. The van der Waals surface area contributed by atoms with E-state index in [0.717, 1.165) is 65.8 Å². The summed E-state index contributed by atoms with van der Waals surface area (Å²) in [5, 5.41) is 1.13. The van der Waals surface area contributed by atoms with E-state index in [1.807, 2.05) is 24.3 Å². The second-order valence-corrected chi connectivity index (χ2v) is 8.26. The van der Waals surface area contributed by atoms with E-state index in [1.165, 1.54) is 10.3 Å². The van der Waals surface area contributed by atoms with E-state index >= 15 is 0 Å². The highest BCUT2D eigenvalue weighted by molar-refractivity contribution is 7.22. The van der Waals surface area contributed by atoms with Gasteiger partial charge in [0.05, 0.1) is 26.9 Å². The Morgan fingerprint density at radius 3 is 2.32 bits per heavy atom. The van der Waals surface area contributed by atoms with E-state index in [0.29, 0.717) is 0 Å². The van der Waals surface area contributed by atoms with Gasteiger partial charge in [0.15, 0.2) is 10.9 Å². The molecule has 0 bridgehead atoms. The van der Waals surface area contributed by atoms with Gasteiger partial charge in [-0.1, -0.05) is 36.5 Å². The predicted octanol–water partition coefficient (Wildman–Crippen LogP) is 4.44. The van der Waals surface area contributed by atoms with Gasteiger partial charge in [0, 0.05) is 26.2 Å². The molecule has 0 radical (unpaired) electrons. The molecule has 28 heavy (non-hydrogen) atoms. The summed E-state index contributed by atoms with van der Waals surface area (Å²) in [6.07, 6.45) is 1.06. The van der Waals surface area contributed by atoms with Crippen LogP contribution in [0.4, 0.5) is 10.9 Å². The van der Waals surface area contributed by atoms with Gasteiger partial charge in [-0.25, -0.2) is 15.0 Å². The fourth-order valence-electron chi connectivity index (χ4n) is 3.80. The number of nitrogens with zero attached hydrogens (tertiary/aromatic N) is 5. The maximum absolute atomic E-state index is 4.88. The molecule has 0 N–H and O–H groups in total. The second kappa shape index (κ2) is 7.02. The highest BCUT2D eigenvalue weighted by atomic mass is 32.1. The number of piperazine rings is 1. The smallest absolute Gasteiger partial charge is 0.186 e. The van der Waals surface area contributed by atoms with E-state index < -0.39 is 0 Å². The summed E-state index contributed by atoms with van der Waals surface area (Å²) in [6, 6.07) is 14.7. The number of aryl methyl sites for hydroxylation is 2. The number of para-hydroxylation sites is 2. The Labute approximate surface area is 168 Å². The minimum atomic E-state index is 0.935. The lowest BCUT2D eigenvalue weighted by Crippen LogP contribution is -2.47. The second-order valence-electron chi connectivity index (χ2n) is 7.25. The van der Waals surface area contributed by atoms with Gasteiger partial charge in [-0.3, -0.25) is 0 Å². The number of aromatic nitrogens is 3. The Morgan fingerprint density at radius 2 is 1.57 bits per heavy atom. The molecule has 1 aliphatic rings. The lowest BCUT2D eigenvalue weighted by atomic mass is 10.2. The van der Waals surface area contributed by atoms with Crippen LogP contribution in [-0.4, -0.2) is 41.1 Å². The summed E-state index contributed by atoms with van der Waals surface area (Å²) >= 11 is 1.80. The van der Waals surface area contributed by atoms with Crippen molar-refractivity contribution in [3.8, 4) is 0 Å². The molecule has 0 aliphatic carbocycles. The van der Waals surface area contributed by atoms with Gasteiger partial charge in [-0.2, -0.15) is 0 Å². The van der Waals surface area contributed by atoms with Crippen LogP contribution >= 0.6 is 11.3 Å². The van der Waals surface area contributed by atoms with Gasteiger partial charge in [-0.05, 0) is 43.2 Å². The van der Waals surface area contributed by atoms with E-state index in [1.54, 1.807) is 11.3 Å². The number of fused-ring (bicyclic) bond motifs is 2. The topological polar surface area (TPSA) is 45.2 Å². The maximum atomic E-state index is 4.88. The van der Waals surface area contributed by atoms with Gasteiger partial charge in [0.25, 0.3) is 0 Å². The number of hydrogen-bond acceptors (Lipinski definition) is 6. The zero-order valence-corrected chi connectivity index (χ0v) is 17.0. The van der Waals surface area contributed by atoms with E-state index in [4.69, 9.17) is 15.0 Å². The maximum Gasteiger partial charge on any atom is 0.186 e. The van der Waals surface area contributed by atoms with Crippen molar-refractivity contribution >= 4 is 43.5 Å². The molecule has 1 aliphatic heterocycles. The molecule has 2 aromatic heterocycles. The van der Waals surface area contributed by atoms with Crippen molar-refractivity contribution in [3.63, 3.8) is 0 Å². The van der Waals surface area contributed by atoms with Crippen LogP contribution in [0.1, 0.15) is 18.2 Å². The molecule has 4 aromatic rings. The fourth-order valence-corrected chi connectivity index (χ4v) is 4.88. The third-order valence-electron chi connectivity index (χ3n) is 5.42. The summed E-state index contributed by atoms with van der Waals surface area (Å²) < 4.78 is 1.29. The van der Waals surface area contributed by atoms with Crippen LogP contribution in [0.5, 0.6) is 0 Å². The van der Waals surface area contributed by atoms with Crippen molar-refractivity contribution in [2.24, 2.45) is 0 Å². The van der Waals surface area contributed by atoms with Gasteiger partial charge < -0.3 is 9.80 Å². The highest BCUT2D eigenvalue weighted by Crippen LogP contribution is 2.31. The molecule has 142 valence electrons. The Balaban J connectivity index is 1.36. The summed E-state index contributed by atoms with van der Waals surface area (Å²) in [4.78, 5) is 19.2. The molecule has 0 unspecified atom stereocenters. The van der Waals surface area contributed by atoms with Crippen molar-refractivity contribution < 1.29 is 0 Å². The van der Waals surface area contributed by atoms with Crippen molar-refractivity contribution in [1.29, 1.82) is 0 Å². The summed E-state index contributed by atoms with van der Waals surface area (Å²) in [5.41, 5.74) is 5.40. The predicted molar refractivity (Wildman–Crippen MR) is 118 cm³/mol. The van der Waals surface area contributed by atoms with Gasteiger partial charge in [0.1, 0.15) is 0 Å². The number of thiazole rings is 1. The third-order valence-corrected chi connectivity index (χ3v) is 6.50. The average molecular weight is 390 g/mol. The van der Waals surface area contributed by atoms with Crippen LogP contribution in [0.25, 0.3) is 21.3 Å². The van der Waals surface area contributed by atoms with Crippen molar-refractivity contribution in [2.75, 3.05) is 36.0 Å². The first-order valence-corrected chi connectivity index (χ1v) is 10.7. The number of hydrogen-bond donors (Lipinski definition) is 0. The Morgan fingerprint density at radius 1 is 0.857 bits per heavy atom. The van der Waals surface area contributed by atoms with E-state index in [9.17, 15) is 0 Å². The Kier molecular flexibility index (Phi) is 4.36. The molecule has 3 heterocycles. The lowest BCUT2D eigenvalue weighted by molar-refractivity contribution is 0.644. The molecule has 0 saturated carbocycles. The van der Waals surface area contributed by atoms with Gasteiger partial charge >= 0.3 is 0 Å². The van der Waals surface area contributed by atoms with Crippen LogP contribution in [0.3, 0.4) is 0 Å². The van der Waals surface area contributed by atoms with Gasteiger partial charge in [0.2, 0.25) is 0 Å². The average Bonchev–Trinajstić information content (AvgIpc) is 3.16. The molecule has 1 saturated heterocycles. The van der Waals surface area contributed by atoms with Crippen LogP contribution in [-0.2, 0) is 6.42 Å². The number of benzene rings is 2. The first-order chi connectivity index (χ1) is 13.7. The minimum Gasteiger partial charge on any atom is -0.352 e. The van der Waals surface area contributed by atoms with E-state index in [-0.39, 0.29) is 0 Å². The summed E-state index contributed by atoms with van der Waals surface area (Å²) in [6.45, 7) is 8.02. The standard InChI is InChI=1S/C22H23N5S/c1-3-16-8-9-19-20(14-16)28-22(25-19)27-12-10-26(11-13-27)21-15(2)23-17-6-4-5-7-18(17)24-21/h4-9,14H,3,10-13H2,1-2H3. The number of rotatable bonds is 3. The minimum absolute atomic E-state index is 0.935. The quantitative estimate of drug-likeness (QED) is 0.518. The zero-order chi connectivity index (χ0) is 19.1. The first-order valence-electron chi connectivity index (χ1n) is 9.84.